The molecule has 0 fully saturated rings. The number of aliphatic carboxylic acids is 1. The van der Waals surface area contributed by atoms with Gasteiger partial charge in [-0.1, -0.05) is 140 Å². The predicted octanol–water partition coefficient (Wildman–Crippen LogP) is 8.12. The fourth-order valence-corrected chi connectivity index (χ4v) is 4.73. The largest absolute Gasteiger partial charge is 0.481 e. The molecule has 212 valence electrons. The van der Waals surface area contributed by atoms with Gasteiger partial charge in [0, 0.05) is 11.5 Å². The Hall–Kier alpha value is -2.70. The smallest absolute Gasteiger partial charge is 0.304 e. The van der Waals surface area contributed by atoms with E-state index in [-0.39, 0.29) is 12.3 Å². The van der Waals surface area contributed by atoms with Crippen molar-refractivity contribution in [1.82, 2.24) is 15.5 Å². The molecule has 0 aliphatic heterocycles. The van der Waals surface area contributed by atoms with Crippen LogP contribution in [0.25, 0.3) is 11.4 Å². The zero-order chi connectivity index (χ0) is 27.8. The number of nitrogens with zero attached hydrogens (tertiary/aromatic N) is 2. The normalized spacial score (nSPS) is 13.3. The summed E-state index contributed by atoms with van der Waals surface area (Å²) in [6.45, 7) is 8.21. The van der Waals surface area contributed by atoms with Gasteiger partial charge in [-0.15, -0.1) is 0 Å². The van der Waals surface area contributed by atoms with Gasteiger partial charge in [0.15, 0.2) is 0 Å². The molecule has 7 heteroatoms. The zero-order valence-electron chi connectivity index (χ0n) is 24.0. The Labute approximate surface area is 229 Å². The van der Waals surface area contributed by atoms with E-state index in [0.717, 1.165) is 24.8 Å². The van der Waals surface area contributed by atoms with Crippen molar-refractivity contribution in [2.45, 2.75) is 124 Å². The van der Waals surface area contributed by atoms with Gasteiger partial charge in [0.05, 0.1) is 6.42 Å². The molecule has 1 aromatic heterocycles. The molecular weight excluding hydrogens is 478 g/mol. The lowest BCUT2D eigenvalue weighted by molar-refractivity contribution is -0.141. The molecule has 1 amide bonds. The summed E-state index contributed by atoms with van der Waals surface area (Å²) in [5, 5.41) is 16.6. The van der Waals surface area contributed by atoms with Crippen LogP contribution in [0.15, 0.2) is 34.9 Å². The van der Waals surface area contributed by atoms with Crippen LogP contribution < -0.4 is 5.32 Å². The van der Waals surface area contributed by atoms with Crippen LogP contribution in [0, 0.1) is 11.3 Å². The first-order valence-electron chi connectivity index (χ1n) is 14.6. The number of aromatic nitrogens is 2. The van der Waals surface area contributed by atoms with E-state index in [0.29, 0.717) is 18.1 Å². The van der Waals surface area contributed by atoms with Crippen LogP contribution in [0.5, 0.6) is 0 Å². The molecular formula is C31H49N3O4. The number of unbranched alkanes of at least 4 members (excludes halogenated alkanes) is 11. The number of carbonyl (C=O) groups is 2. The van der Waals surface area contributed by atoms with Gasteiger partial charge in [-0.2, -0.15) is 4.98 Å². The Morgan fingerprint density at radius 1 is 0.895 bits per heavy atom. The van der Waals surface area contributed by atoms with E-state index in [9.17, 15) is 14.7 Å². The number of nitrogens with one attached hydrogen (secondary N) is 1. The third-order valence-electron chi connectivity index (χ3n) is 7.07. The molecule has 2 N–H and O–H groups in total. The van der Waals surface area contributed by atoms with Crippen molar-refractivity contribution in [1.29, 1.82) is 0 Å². The minimum atomic E-state index is -0.958. The summed E-state index contributed by atoms with van der Waals surface area (Å²) in [5.74, 6) is -1.03. The second-order valence-corrected chi connectivity index (χ2v) is 11.6. The number of amides is 1. The number of hydrogen-bond acceptors (Lipinski definition) is 5. The minimum absolute atomic E-state index is 0.181. The number of carboxylic acid groups (broad SMARTS) is 1. The second-order valence-electron chi connectivity index (χ2n) is 11.6. The van der Waals surface area contributed by atoms with E-state index >= 15 is 0 Å². The highest BCUT2D eigenvalue weighted by atomic mass is 16.5. The summed E-state index contributed by atoms with van der Waals surface area (Å²) >= 11 is 0. The molecule has 2 atom stereocenters. The van der Waals surface area contributed by atoms with Gasteiger partial charge in [-0.05, 0) is 11.8 Å². The molecule has 1 aromatic carbocycles. The highest BCUT2D eigenvalue weighted by Crippen LogP contribution is 2.33. The van der Waals surface area contributed by atoms with Gasteiger partial charge in [0.1, 0.15) is 6.04 Å². The summed E-state index contributed by atoms with van der Waals surface area (Å²) < 4.78 is 5.55. The van der Waals surface area contributed by atoms with Crippen molar-refractivity contribution < 1.29 is 19.2 Å². The van der Waals surface area contributed by atoms with Crippen molar-refractivity contribution in [2.75, 3.05) is 0 Å². The monoisotopic (exact) mass is 527 g/mol. The van der Waals surface area contributed by atoms with E-state index in [4.69, 9.17) is 4.52 Å². The zero-order valence-corrected chi connectivity index (χ0v) is 24.0. The number of rotatable bonds is 19. The minimum Gasteiger partial charge on any atom is -0.481 e. The van der Waals surface area contributed by atoms with E-state index in [2.05, 4.69) is 22.4 Å². The van der Waals surface area contributed by atoms with Crippen molar-refractivity contribution >= 4 is 11.9 Å². The molecule has 0 saturated carbocycles. The Bertz CT molecular complexity index is 936. The first-order chi connectivity index (χ1) is 18.2. The van der Waals surface area contributed by atoms with Gasteiger partial charge >= 0.3 is 5.97 Å². The average molecular weight is 528 g/mol. The molecule has 7 nitrogen and oxygen atoms in total. The first-order valence-corrected chi connectivity index (χ1v) is 14.6. The molecule has 0 radical (unpaired) electrons. The van der Waals surface area contributed by atoms with Crippen molar-refractivity contribution in [3.05, 3.63) is 36.2 Å². The molecule has 0 saturated heterocycles. The summed E-state index contributed by atoms with van der Waals surface area (Å²) in [4.78, 5) is 29.3. The van der Waals surface area contributed by atoms with Crippen LogP contribution in [0.4, 0.5) is 0 Å². The van der Waals surface area contributed by atoms with Crippen molar-refractivity contribution in [3.8, 4) is 11.4 Å². The molecule has 38 heavy (non-hydrogen) atoms. The maximum Gasteiger partial charge on any atom is 0.304 e. The molecule has 1 heterocycles. The van der Waals surface area contributed by atoms with Gasteiger partial charge in [0.2, 0.25) is 17.6 Å². The van der Waals surface area contributed by atoms with Crippen LogP contribution in [0.2, 0.25) is 0 Å². The Morgan fingerprint density at radius 3 is 1.97 bits per heavy atom. The lowest BCUT2D eigenvalue weighted by atomic mass is 9.85. The Morgan fingerprint density at radius 2 is 1.45 bits per heavy atom. The fraction of sp³-hybridized carbons (Fsp3) is 0.677. The molecule has 0 aliphatic rings. The highest BCUT2D eigenvalue weighted by molar-refractivity contribution is 5.83. The van der Waals surface area contributed by atoms with E-state index in [1.54, 1.807) is 0 Å². The highest BCUT2D eigenvalue weighted by Gasteiger charge is 2.35. The average Bonchev–Trinajstić information content (AvgIpc) is 3.36. The third-order valence-corrected chi connectivity index (χ3v) is 7.07. The Balaban J connectivity index is 1.84. The Kier molecular flexibility index (Phi) is 14.1. The maximum atomic E-state index is 13.3. The van der Waals surface area contributed by atoms with Crippen molar-refractivity contribution in [2.24, 2.45) is 11.3 Å². The summed E-state index contributed by atoms with van der Waals surface area (Å²) in [7, 11) is 0. The molecule has 0 bridgehead atoms. The number of carbonyl (C=O) groups excluding carboxylic acids is 1. The summed E-state index contributed by atoms with van der Waals surface area (Å²) in [6, 6.07) is 8.99. The lowest BCUT2D eigenvalue weighted by Crippen LogP contribution is -2.40. The van der Waals surface area contributed by atoms with Gasteiger partial charge in [-0.25, -0.2) is 0 Å². The summed E-state index contributed by atoms with van der Waals surface area (Å²) in [6.07, 6.45) is 15.2. The SMILES string of the molecule is CCCCCCCCCCCCCC[C@H](CC(=O)O)C(=O)N[C@H](c1nc(-c2ccccc2)no1)C(C)(C)C. The van der Waals surface area contributed by atoms with Crippen molar-refractivity contribution in [3.63, 3.8) is 0 Å². The van der Waals surface area contributed by atoms with Gasteiger partial charge in [-0.3, -0.25) is 9.59 Å². The number of benzene rings is 1. The van der Waals surface area contributed by atoms with E-state index in [1.807, 2.05) is 51.1 Å². The van der Waals surface area contributed by atoms with Gasteiger partial charge < -0.3 is 14.9 Å². The van der Waals surface area contributed by atoms with Crippen LogP contribution in [-0.4, -0.2) is 27.1 Å². The van der Waals surface area contributed by atoms with Crippen LogP contribution >= 0.6 is 0 Å². The third kappa shape index (κ3) is 11.8. The van der Waals surface area contributed by atoms with E-state index in [1.165, 1.54) is 57.8 Å². The lowest BCUT2D eigenvalue weighted by Gasteiger charge is -2.29. The standard InChI is InChI=1S/C31H49N3O4/c1-5-6-7-8-9-10-11-12-13-14-15-17-22-25(23-26(35)36)29(37)32-27(31(2,3)4)30-33-28(34-38-30)24-20-18-16-19-21-24/h16,18-21,25,27H,5-15,17,22-23H2,1-4H3,(H,32,37)(H,35,36)/t25-,27-/m1/s1. The molecule has 2 rings (SSSR count). The molecule has 0 unspecified atom stereocenters. The van der Waals surface area contributed by atoms with Gasteiger partial charge in [0.25, 0.3) is 0 Å². The number of carboxylic acids is 1. The van der Waals surface area contributed by atoms with Crippen LogP contribution in [0.3, 0.4) is 0 Å². The quantitative estimate of drug-likeness (QED) is 0.179. The molecule has 0 spiro atoms. The number of hydrogen-bond donors (Lipinski definition) is 2. The predicted molar refractivity (Wildman–Crippen MR) is 152 cm³/mol. The van der Waals surface area contributed by atoms with Crippen LogP contribution in [0.1, 0.15) is 130 Å². The first kappa shape index (κ1) is 31.5. The molecule has 0 aliphatic carbocycles. The molecule has 2 aromatic rings. The topological polar surface area (TPSA) is 105 Å². The van der Waals surface area contributed by atoms with E-state index < -0.39 is 23.3 Å². The summed E-state index contributed by atoms with van der Waals surface area (Å²) in [5.41, 5.74) is 0.428. The maximum absolute atomic E-state index is 13.3. The second kappa shape index (κ2) is 17.0. The fourth-order valence-electron chi connectivity index (χ4n) is 4.73. The van der Waals surface area contributed by atoms with Crippen LogP contribution in [-0.2, 0) is 9.59 Å².